The average Bonchev–Trinajstić information content (AvgIpc) is 2.82. The SMILES string of the molecule is CCCc1ccc(OCCNC(=O)CN(c2cccc(Cl)c2)S(=O)(=O)c2ccccc2)cc1. The summed E-state index contributed by atoms with van der Waals surface area (Å²) in [7, 11) is -3.97. The van der Waals surface area contributed by atoms with Gasteiger partial charge in [-0.15, -0.1) is 0 Å². The molecule has 1 amide bonds. The molecule has 0 aliphatic heterocycles. The monoisotopic (exact) mass is 486 g/mol. The summed E-state index contributed by atoms with van der Waals surface area (Å²) in [6, 6.07) is 22.2. The Morgan fingerprint density at radius 3 is 2.39 bits per heavy atom. The number of nitrogens with one attached hydrogen (secondary N) is 1. The third kappa shape index (κ3) is 6.97. The van der Waals surface area contributed by atoms with E-state index in [1.807, 2.05) is 24.3 Å². The van der Waals surface area contributed by atoms with Crippen molar-refractivity contribution in [2.24, 2.45) is 0 Å². The molecule has 3 rings (SSSR count). The van der Waals surface area contributed by atoms with Crippen LogP contribution < -0.4 is 14.4 Å². The fraction of sp³-hybridized carbons (Fsp3) is 0.240. The van der Waals surface area contributed by atoms with Crippen molar-refractivity contribution < 1.29 is 17.9 Å². The molecule has 0 spiro atoms. The number of carbonyl (C=O) groups excluding carboxylic acids is 1. The molecule has 0 unspecified atom stereocenters. The van der Waals surface area contributed by atoms with Gasteiger partial charge >= 0.3 is 0 Å². The average molecular weight is 487 g/mol. The van der Waals surface area contributed by atoms with Crippen LogP contribution in [0.2, 0.25) is 5.02 Å². The van der Waals surface area contributed by atoms with Crippen LogP contribution in [0.1, 0.15) is 18.9 Å². The topological polar surface area (TPSA) is 75.7 Å². The van der Waals surface area contributed by atoms with Crippen LogP contribution >= 0.6 is 11.6 Å². The van der Waals surface area contributed by atoms with Crippen LogP contribution in [0.5, 0.6) is 5.75 Å². The summed E-state index contributed by atoms with van der Waals surface area (Å²) >= 11 is 6.07. The quantitative estimate of drug-likeness (QED) is 0.399. The molecule has 1 N–H and O–H groups in total. The molecule has 8 heteroatoms. The number of ether oxygens (including phenoxy) is 1. The van der Waals surface area contributed by atoms with E-state index in [-0.39, 0.29) is 24.6 Å². The molecule has 3 aromatic carbocycles. The van der Waals surface area contributed by atoms with Crippen molar-refractivity contribution in [1.29, 1.82) is 0 Å². The standard InChI is InChI=1S/C25H27ClN2O4S/c1-2-7-20-12-14-23(15-13-20)32-17-16-27-25(29)19-28(22-9-6-8-21(26)18-22)33(30,31)24-10-4-3-5-11-24/h3-6,8-15,18H,2,7,16-17,19H2,1H3,(H,27,29). The predicted octanol–water partition coefficient (Wildman–Crippen LogP) is 4.68. The maximum atomic E-state index is 13.2. The van der Waals surface area contributed by atoms with E-state index in [0.29, 0.717) is 10.7 Å². The van der Waals surface area contributed by atoms with E-state index in [1.165, 1.54) is 23.8 Å². The Kier molecular flexibility index (Phi) is 8.74. The molecule has 0 heterocycles. The van der Waals surface area contributed by atoms with Gasteiger partial charge in [-0.3, -0.25) is 9.10 Å². The fourth-order valence-corrected chi connectivity index (χ4v) is 4.87. The summed E-state index contributed by atoms with van der Waals surface area (Å²) in [5, 5.41) is 3.09. The molecule has 174 valence electrons. The molecule has 0 saturated carbocycles. The third-order valence-electron chi connectivity index (χ3n) is 4.87. The maximum Gasteiger partial charge on any atom is 0.264 e. The predicted molar refractivity (Wildman–Crippen MR) is 131 cm³/mol. The van der Waals surface area contributed by atoms with Gasteiger partial charge in [0.1, 0.15) is 18.9 Å². The van der Waals surface area contributed by atoms with E-state index in [0.717, 1.165) is 22.9 Å². The highest BCUT2D eigenvalue weighted by Crippen LogP contribution is 2.25. The summed E-state index contributed by atoms with van der Waals surface area (Å²) < 4.78 is 33.2. The number of amides is 1. The molecule has 0 saturated heterocycles. The molecule has 6 nitrogen and oxygen atoms in total. The maximum absolute atomic E-state index is 13.2. The first kappa shape index (κ1) is 24.6. The number of hydrogen-bond donors (Lipinski definition) is 1. The van der Waals surface area contributed by atoms with Gasteiger partial charge in [-0.05, 0) is 54.4 Å². The number of halogens is 1. The van der Waals surface area contributed by atoms with E-state index in [4.69, 9.17) is 16.3 Å². The van der Waals surface area contributed by atoms with Gasteiger partial charge in [0.25, 0.3) is 10.0 Å². The van der Waals surface area contributed by atoms with Crippen molar-refractivity contribution in [3.05, 3.63) is 89.4 Å². The van der Waals surface area contributed by atoms with Crippen molar-refractivity contribution in [1.82, 2.24) is 5.32 Å². The number of nitrogens with zero attached hydrogens (tertiary/aromatic N) is 1. The summed E-state index contributed by atoms with van der Waals surface area (Å²) in [5.41, 5.74) is 1.56. The van der Waals surface area contributed by atoms with Crippen molar-refractivity contribution in [2.45, 2.75) is 24.7 Å². The Morgan fingerprint density at radius 2 is 1.73 bits per heavy atom. The van der Waals surface area contributed by atoms with Gasteiger partial charge in [0.2, 0.25) is 5.91 Å². The highest BCUT2D eigenvalue weighted by atomic mass is 35.5. The van der Waals surface area contributed by atoms with Crippen molar-refractivity contribution >= 4 is 33.2 Å². The second-order valence-corrected chi connectivity index (χ2v) is 9.70. The number of benzene rings is 3. The first-order valence-electron chi connectivity index (χ1n) is 10.7. The summed E-state index contributed by atoms with van der Waals surface area (Å²) in [4.78, 5) is 12.7. The van der Waals surface area contributed by atoms with Crippen molar-refractivity contribution in [3.63, 3.8) is 0 Å². The lowest BCUT2D eigenvalue weighted by Crippen LogP contribution is -2.41. The Labute approximate surface area is 200 Å². The zero-order valence-electron chi connectivity index (χ0n) is 18.4. The highest BCUT2D eigenvalue weighted by molar-refractivity contribution is 7.92. The number of aryl methyl sites for hydroxylation is 1. The first-order valence-corrected chi connectivity index (χ1v) is 12.5. The lowest BCUT2D eigenvalue weighted by Gasteiger charge is -2.24. The molecule has 3 aromatic rings. The molecule has 0 radical (unpaired) electrons. The molecule has 33 heavy (non-hydrogen) atoms. The number of sulfonamides is 1. The molecule has 0 bridgehead atoms. The van der Waals surface area contributed by atoms with E-state index in [9.17, 15) is 13.2 Å². The summed E-state index contributed by atoms with van der Waals surface area (Å²) in [6.07, 6.45) is 2.10. The second-order valence-electron chi connectivity index (χ2n) is 7.40. The minimum absolute atomic E-state index is 0.0904. The van der Waals surface area contributed by atoms with Crippen LogP contribution in [-0.4, -0.2) is 34.0 Å². The number of carbonyl (C=O) groups is 1. The van der Waals surface area contributed by atoms with E-state index in [1.54, 1.807) is 36.4 Å². The van der Waals surface area contributed by atoms with Gasteiger partial charge < -0.3 is 10.1 Å². The van der Waals surface area contributed by atoms with Crippen LogP contribution in [0.4, 0.5) is 5.69 Å². The molecule has 0 aromatic heterocycles. The van der Waals surface area contributed by atoms with Gasteiger partial charge in [-0.1, -0.05) is 61.3 Å². The molecular weight excluding hydrogens is 460 g/mol. The number of anilines is 1. The minimum atomic E-state index is -3.97. The second kappa shape index (κ2) is 11.7. The lowest BCUT2D eigenvalue weighted by atomic mass is 10.1. The van der Waals surface area contributed by atoms with Gasteiger partial charge in [-0.25, -0.2) is 8.42 Å². The molecule has 0 atom stereocenters. The Hall–Kier alpha value is -3.03. The Bertz CT molecular complexity index is 1150. The molecule has 0 aliphatic rings. The smallest absolute Gasteiger partial charge is 0.264 e. The number of hydrogen-bond acceptors (Lipinski definition) is 4. The van der Waals surface area contributed by atoms with Gasteiger partial charge in [0, 0.05) is 5.02 Å². The van der Waals surface area contributed by atoms with Gasteiger partial charge in [0.05, 0.1) is 17.1 Å². The number of rotatable bonds is 11. The van der Waals surface area contributed by atoms with Crippen molar-refractivity contribution in [2.75, 3.05) is 24.0 Å². The van der Waals surface area contributed by atoms with E-state index < -0.39 is 15.9 Å². The zero-order chi connectivity index (χ0) is 23.7. The third-order valence-corrected chi connectivity index (χ3v) is 6.89. The van der Waals surface area contributed by atoms with E-state index in [2.05, 4.69) is 12.2 Å². The van der Waals surface area contributed by atoms with Gasteiger partial charge in [-0.2, -0.15) is 0 Å². The van der Waals surface area contributed by atoms with Crippen LogP contribution in [-0.2, 0) is 21.2 Å². The van der Waals surface area contributed by atoms with Crippen LogP contribution in [0.3, 0.4) is 0 Å². The zero-order valence-corrected chi connectivity index (χ0v) is 20.0. The fourth-order valence-electron chi connectivity index (χ4n) is 3.25. The highest BCUT2D eigenvalue weighted by Gasteiger charge is 2.27. The van der Waals surface area contributed by atoms with Crippen molar-refractivity contribution in [3.8, 4) is 5.75 Å². The normalized spacial score (nSPS) is 11.1. The largest absolute Gasteiger partial charge is 0.492 e. The lowest BCUT2D eigenvalue weighted by molar-refractivity contribution is -0.119. The van der Waals surface area contributed by atoms with E-state index >= 15 is 0 Å². The Morgan fingerprint density at radius 1 is 1.00 bits per heavy atom. The first-order chi connectivity index (χ1) is 15.9. The van der Waals surface area contributed by atoms with Crippen LogP contribution in [0.15, 0.2) is 83.8 Å². The molecular formula is C25H27ClN2O4S. The van der Waals surface area contributed by atoms with Crippen LogP contribution in [0.25, 0.3) is 0 Å². The summed E-state index contributed by atoms with van der Waals surface area (Å²) in [5.74, 6) is 0.271. The summed E-state index contributed by atoms with van der Waals surface area (Å²) in [6.45, 7) is 2.25. The van der Waals surface area contributed by atoms with Crippen LogP contribution in [0, 0.1) is 0 Å². The minimum Gasteiger partial charge on any atom is -0.492 e. The molecule has 0 fully saturated rings. The molecule has 0 aliphatic carbocycles. The Balaban J connectivity index is 1.63. The van der Waals surface area contributed by atoms with Gasteiger partial charge in [0.15, 0.2) is 0 Å².